The van der Waals surface area contributed by atoms with Gasteiger partial charge in [-0.3, -0.25) is 0 Å². The molecular weight excluding hydrogens is 212 g/mol. The van der Waals surface area contributed by atoms with Crippen molar-refractivity contribution < 1.29 is 19.1 Å². The summed E-state index contributed by atoms with van der Waals surface area (Å²) in [6, 6.07) is 5.42. The Morgan fingerprint density at radius 3 is 2.88 bits per heavy atom. The number of aromatic hydroxyl groups is 1. The molecule has 0 aliphatic heterocycles. The fraction of sp³-hybridized carbons (Fsp3) is 0.0909. The highest BCUT2D eigenvalue weighted by molar-refractivity contribution is 6.05. The summed E-state index contributed by atoms with van der Waals surface area (Å²) in [6.45, 7) is 0. The number of carbonyl (C=O) groups excluding carboxylic acids is 1. The Hall–Kier alpha value is -2.30. The van der Waals surface area contributed by atoms with Gasteiger partial charge in [-0.15, -0.1) is 0 Å². The largest absolute Gasteiger partial charge is 0.507 e. The Morgan fingerprint density at radius 1 is 1.44 bits per heavy atom. The summed E-state index contributed by atoms with van der Waals surface area (Å²) in [5, 5.41) is 9.78. The van der Waals surface area contributed by atoms with E-state index in [2.05, 4.69) is 4.74 Å². The molecule has 0 saturated carbocycles. The van der Waals surface area contributed by atoms with Crippen LogP contribution in [0.1, 0.15) is 10.4 Å². The SMILES string of the molecule is COC(=O)c1cccc2oc(=O)cc(O)c12. The summed E-state index contributed by atoms with van der Waals surface area (Å²) in [4.78, 5) is 22.4. The number of benzene rings is 1. The van der Waals surface area contributed by atoms with Gasteiger partial charge in [-0.05, 0) is 12.1 Å². The molecule has 1 aromatic heterocycles. The molecule has 0 unspecified atom stereocenters. The number of ether oxygens (including phenoxy) is 1. The number of esters is 1. The van der Waals surface area contributed by atoms with Gasteiger partial charge in [0.1, 0.15) is 11.3 Å². The van der Waals surface area contributed by atoms with Crippen LogP contribution < -0.4 is 5.63 Å². The molecule has 5 nitrogen and oxygen atoms in total. The Kier molecular flexibility index (Phi) is 2.36. The second-order valence-corrected chi connectivity index (χ2v) is 3.12. The van der Waals surface area contributed by atoms with Crippen LogP contribution in [0.15, 0.2) is 33.5 Å². The molecule has 0 spiro atoms. The minimum Gasteiger partial charge on any atom is -0.507 e. The van der Waals surface area contributed by atoms with Crippen LogP contribution >= 0.6 is 0 Å². The molecule has 0 saturated heterocycles. The van der Waals surface area contributed by atoms with Crippen molar-refractivity contribution >= 4 is 16.9 Å². The zero-order chi connectivity index (χ0) is 11.7. The normalized spacial score (nSPS) is 10.3. The van der Waals surface area contributed by atoms with Gasteiger partial charge in [0.2, 0.25) is 0 Å². The molecule has 2 rings (SSSR count). The monoisotopic (exact) mass is 220 g/mol. The average Bonchev–Trinajstić information content (AvgIpc) is 2.26. The van der Waals surface area contributed by atoms with E-state index in [1.54, 1.807) is 0 Å². The molecule has 5 heteroatoms. The Bertz CT molecular complexity index is 611. The minimum atomic E-state index is -0.674. The van der Waals surface area contributed by atoms with Gasteiger partial charge in [0, 0.05) is 0 Å². The summed E-state index contributed by atoms with van der Waals surface area (Å²) < 4.78 is 9.41. The fourth-order valence-electron chi connectivity index (χ4n) is 1.48. The standard InChI is InChI=1S/C11H8O5/c1-15-11(14)6-3-2-4-8-10(6)7(12)5-9(13)16-8/h2-5,12H,1H3. The molecule has 1 aromatic carbocycles. The molecule has 1 heterocycles. The van der Waals surface area contributed by atoms with Crippen LogP contribution in [0.5, 0.6) is 5.75 Å². The molecule has 0 fully saturated rings. The second-order valence-electron chi connectivity index (χ2n) is 3.12. The van der Waals surface area contributed by atoms with Gasteiger partial charge < -0.3 is 14.3 Å². The average molecular weight is 220 g/mol. The van der Waals surface area contributed by atoms with Crippen LogP contribution in [-0.4, -0.2) is 18.2 Å². The first kappa shape index (κ1) is 10.2. The second kappa shape index (κ2) is 3.69. The highest BCUT2D eigenvalue weighted by Gasteiger charge is 2.15. The number of rotatable bonds is 1. The molecule has 0 radical (unpaired) electrons. The Labute approximate surface area is 89.9 Å². The van der Waals surface area contributed by atoms with Gasteiger partial charge in [0.05, 0.1) is 24.1 Å². The number of hydrogen-bond donors (Lipinski definition) is 1. The topological polar surface area (TPSA) is 76.7 Å². The van der Waals surface area contributed by atoms with Crippen LogP contribution in [0, 0.1) is 0 Å². The smallest absolute Gasteiger partial charge is 0.339 e. The lowest BCUT2D eigenvalue weighted by atomic mass is 10.1. The first-order valence-corrected chi connectivity index (χ1v) is 4.47. The van der Waals surface area contributed by atoms with Crippen molar-refractivity contribution in [2.24, 2.45) is 0 Å². The van der Waals surface area contributed by atoms with E-state index in [9.17, 15) is 14.7 Å². The summed E-state index contributed by atoms with van der Waals surface area (Å²) in [6.07, 6.45) is 0. The van der Waals surface area contributed by atoms with Gasteiger partial charge >= 0.3 is 11.6 Å². The summed E-state index contributed by atoms with van der Waals surface area (Å²) >= 11 is 0. The van der Waals surface area contributed by atoms with Gasteiger partial charge in [0.15, 0.2) is 0 Å². The maximum absolute atomic E-state index is 11.4. The van der Waals surface area contributed by atoms with Crippen molar-refractivity contribution in [2.75, 3.05) is 7.11 Å². The third kappa shape index (κ3) is 1.52. The van der Waals surface area contributed by atoms with Crippen molar-refractivity contribution in [3.63, 3.8) is 0 Å². The van der Waals surface area contributed by atoms with Gasteiger partial charge in [-0.2, -0.15) is 0 Å². The highest BCUT2D eigenvalue weighted by atomic mass is 16.5. The quantitative estimate of drug-likeness (QED) is 0.578. The predicted octanol–water partition coefficient (Wildman–Crippen LogP) is 1.29. The van der Waals surface area contributed by atoms with E-state index >= 15 is 0 Å². The molecule has 16 heavy (non-hydrogen) atoms. The van der Waals surface area contributed by atoms with Crippen LogP contribution in [-0.2, 0) is 4.74 Å². The molecule has 0 amide bonds. The van der Waals surface area contributed by atoms with Gasteiger partial charge in [0.25, 0.3) is 0 Å². The summed E-state index contributed by atoms with van der Waals surface area (Å²) in [5.74, 6) is -0.901. The molecular formula is C11H8O5. The molecule has 2 aromatic rings. The van der Waals surface area contributed by atoms with Crippen LogP contribution in [0.4, 0.5) is 0 Å². The van der Waals surface area contributed by atoms with Crippen molar-refractivity contribution in [1.29, 1.82) is 0 Å². The zero-order valence-electron chi connectivity index (χ0n) is 8.39. The fourth-order valence-corrected chi connectivity index (χ4v) is 1.48. The van der Waals surface area contributed by atoms with E-state index in [-0.39, 0.29) is 22.3 Å². The maximum atomic E-state index is 11.4. The first-order chi connectivity index (χ1) is 7.63. The number of carbonyl (C=O) groups is 1. The molecule has 0 aliphatic rings. The summed E-state index contributed by atoms with van der Waals surface area (Å²) in [5.41, 5.74) is -0.374. The number of methoxy groups -OCH3 is 1. The Morgan fingerprint density at radius 2 is 2.19 bits per heavy atom. The van der Waals surface area contributed by atoms with E-state index in [1.807, 2.05) is 0 Å². The third-order valence-electron chi connectivity index (χ3n) is 2.15. The van der Waals surface area contributed by atoms with Crippen LogP contribution in [0.3, 0.4) is 0 Å². The number of fused-ring (bicyclic) bond motifs is 1. The van der Waals surface area contributed by atoms with E-state index in [0.29, 0.717) is 0 Å². The van der Waals surface area contributed by atoms with Crippen LogP contribution in [0.2, 0.25) is 0 Å². The van der Waals surface area contributed by atoms with E-state index < -0.39 is 11.6 Å². The lowest BCUT2D eigenvalue weighted by molar-refractivity contribution is 0.0602. The van der Waals surface area contributed by atoms with Crippen molar-refractivity contribution in [2.45, 2.75) is 0 Å². The van der Waals surface area contributed by atoms with Crippen molar-refractivity contribution in [3.05, 3.63) is 40.2 Å². The van der Waals surface area contributed by atoms with Crippen LogP contribution in [0.25, 0.3) is 11.0 Å². The highest BCUT2D eigenvalue weighted by Crippen LogP contribution is 2.26. The molecule has 82 valence electrons. The summed E-state index contributed by atoms with van der Waals surface area (Å²) in [7, 11) is 1.23. The van der Waals surface area contributed by atoms with E-state index in [0.717, 1.165) is 6.07 Å². The van der Waals surface area contributed by atoms with Gasteiger partial charge in [-0.1, -0.05) is 6.07 Å². The zero-order valence-corrected chi connectivity index (χ0v) is 8.39. The lowest BCUT2D eigenvalue weighted by Crippen LogP contribution is -2.04. The van der Waals surface area contributed by atoms with Gasteiger partial charge in [-0.25, -0.2) is 9.59 Å². The Balaban J connectivity index is 2.87. The molecule has 0 bridgehead atoms. The lowest BCUT2D eigenvalue weighted by Gasteiger charge is -2.04. The predicted molar refractivity (Wildman–Crippen MR) is 55.5 cm³/mol. The maximum Gasteiger partial charge on any atom is 0.339 e. The molecule has 0 atom stereocenters. The molecule has 1 N–H and O–H groups in total. The van der Waals surface area contributed by atoms with E-state index in [4.69, 9.17) is 4.42 Å². The first-order valence-electron chi connectivity index (χ1n) is 4.47. The minimum absolute atomic E-state index is 0.146. The van der Waals surface area contributed by atoms with E-state index in [1.165, 1.54) is 25.3 Å². The van der Waals surface area contributed by atoms with Crippen molar-refractivity contribution in [1.82, 2.24) is 0 Å². The molecule has 0 aliphatic carbocycles. The third-order valence-corrected chi connectivity index (χ3v) is 2.15. The number of hydrogen-bond acceptors (Lipinski definition) is 5. The van der Waals surface area contributed by atoms with Crippen molar-refractivity contribution in [3.8, 4) is 5.75 Å².